The highest BCUT2D eigenvalue weighted by atomic mass is 32.2. The van der Waals surface area contributed by atoms with Crippen molar-refractivity contribution >= 4 is 33.1 Å². The van der Waals surface area contributed by atoms with Gasteiger partial charge in [-0.1, -0.05) is 44.2 Å². The average molecular weight is 501 g/mol. The highest BCUT2D eigenvalue weighted by Gasteiger charge is 2.30. The molecule has 2 aromatic heterocycles. The molecule has 2 heterocycles. The number of nitrogens with zero attached hydrogens (tertiary/aromatic N) is 2. The number of fused-ring (bicyclic) bond motifs is 1. The molecule has 0 saturated carbocycles. The zero-order chi connectivity index (χ0) is 25.9. The van der Waals surface area contributed by atoms with Gasteiger partial charge in [0.15, 0.2) is 6.61 Å². The SMILES string of the molecule is Cc1cn2c(Cc3ccccc3)c(CC(C)C)c(C(=O)C(N)=O)c2c(OCC(=O)NS(C)(=O)=O)n1. The Hall–Kier alpha value is -3.73. The van der Waals surface area contributed by atoms with E-state index in [0.29, 0.717) is 24.1 Å². The molecule has 3 rings (SSSR count). The summed E-state index contributed by atoms with van der Waals surface area (Å²) in [5, 5.41) is 0. The molecule has 3 N–H and O–H groups in total. The van der Waals surface area contributed by atoms with Crippen LogP contribution in [0.2, 0.25) is 0 Å². The fourth-order valence-electron chi connectivity index (χ4n) is 3.92. The van der Waals surface area contributed by atoms with Gasteiger partial charge in [-0.25, -0.2) is 13.4 Å². The van der Waals surface area contributed by atoms with Crippen molar-refractivity contribution in [2.75, 3.05) is 12.9 Å². The highest BCUT2D eigenvalue weighted by molar-refractivity contribution is 7.89. The fourth-order valence-corrected chi connectivity index (χ4v) is 4.39. The normalized spacial score (nSPS) is 11.6. The van der Waals surface area contributed by atoms with E-state index in [1.165, 1.54) is 0 Å². The predicted molar refractivity (Wildman–Crippen MR) is 130 cm³/mol. The first-order valence-corrected chi connectivity index (χ1v) is 12.8. The van der Waals surface area contributed by atoms with Crippen LogP contribution in [0.25, 0.3) is 5.52 Å². The molecular weight excluding hydrogens is 472 g/mol. The third-order valence-corrected chi connectivity index (χ3v) is 5.73. The monoisotopic (exact) mass is 500 g/mol. The van der Waals surface area contributed by atoms with E-state index < -0.39 is 34.2 Å². The molecule has 35 heavy (non-hydrogen) atoms. The maximum atomic E-state index is 13.1. The largest absolute Gasteiger partial charge is 0.466 e. The topological polar surface area (TPSA) is 150 Å². The first-order chi connectivity index (χ1) is 16.4. The van der Waals surface area contributed by atoms with Crippen molar-refractivity contribution in [1.29, 1.82) is 0 Å². The molecule has 2 amide bonds. The lowest BCUT2D eigenvalue weighted by Crippen LogP contribution is -2.33. The zero-order valence-corrected chi connectivity index (χ0v) is 20.8. The lowest BCUT2D eigenvalue weighted by atomic mass is 9.94. The Morgan fingerprint density at radius 1 is 1.17 bits per heavy atom. The van der Waals surface area contributed by atoms with Crippen molar-refractivity contribution in [3.05, 3.63) is 64.6 Å². The lowest BCUT2D eigenvalue weighted by Gasteiger charge is -2.11. The molecule has 3 aromatic rings. The summed E-state index contributed by atoms with van der Waals surface area (Å²) < 4.78 is 31.9. The molecule has 0 bridgehead atoms. The van der Waals surface area contributed by atoms with Crippen LogP contribution in [-0.2, 0) is 32.5 Å². The number of benzene rings is 1. The number of hydrogen-bond acceptors (Lipinski definition) is 7. The first-order valence-electron chi connectivity index (χ1n) is 10.9. The molecule has 10 nitrogen and oxygen atoms in total. The van der Waals surface area contributed by atoms with Gasteiger partial charge < -0.3 is 14.9 Å². The molecule has 0 aliphatic carbocycles. The third kappa shape index (κ3) is 6.24. The molecule has 186 valence electrons. The molecule has 0 unspecified atom stereocenters. The maximum absolute atomic E-state index is 13.1. The van der Waals surface area contributed by atoms with E-state index in [2.05, 4.69) is 4.98 Å². The van der Waals surface area contributed by atoms with Gasteiger partial charge in [-0.2, -0.15) is 0 Å². The number of nitrogens with one attached hydrogen (secondary N) is 1. The standard InChI is InChI=1S/C24H28N4O6S/c1-14(2)10-17-18(11-16-8-6-5-7-9-16)28-12-15(3)26-24(21(28)20(17)22(30)23(25)31)34-13-19(29)27-35(4,32)33/h5-9,12,14H,10-11,13H2,1-4H3,(H2,25,31)(H,27,29). The number of hydrogen-bond donors (Lipinski definition) is 2. The number of Topliss-reactive ketones (excluding diaryl/α,β-unsaturated/α-hetero) is 1. The van der Waals surface area contributed by atoms with Gasteiger partial charge in [0, 0.05) is 18.3 Å². The Morgan fingerprint density at radius 2 is 1.83 bits per heavy atom. The van der Waals surface area contributed by atoms with Gasteiger partial charge in [0.2, 0.25) is 15.9 Å². The Bertz CT molecular complexity index is 1390. The van der Waals surface area contributed by atoms with E-state index >= 15 is 0 Å². The smallest absolute Gasteiger partial charge is 0.289 e. The molecule has 0 fully saturated rings. The number of ether oxygens (including phenoxy) is 1. The summed E-state index contributed by atoms with van der Waals surface area (Å²) in [6, 6.07) is 9.62. The summed E-state index contributed by atoms with van der Waals surface area (Å²) in [5.74, 6) is -2.87. The van der Waals surface area contributed by atoms with E-state index in [0.717, 1.165) is 17.5 Å². The Labute approximate surface area is 203 Å². The fraction of sp³-hybridized carbons (Fsp3) is 0.333. The van der Waals surface area contributed by atoms with Crippen LogP contribution in [0.4, 0.5) is 0 Å². The zero-order valence-electron chi connectivity index (χ0n) is 20.0. The van der Waals surface area contributed by atoms with Crippen molar-refractivity contribution in [1.82, 2.24) is 14.1 Å². The minimum absolute atomic E-state index is 0.0724. The maximum Gasteiger partial charge on any atom is 0.289 e. The summed E-state index contributed by atoms with van der Waals surface area (Å²) in [5.41, 5.74) is 8.59. The number of nitrogens with two attached hydrogens (primary N) is 1. The third-order valence-electron chi connectivity index (χ3n) is 5.13. The number of rotatable bonds is 10. The van der Waals surface area contributed by atoms with Crippen LogP contribution in [0.1, 0.15) is 46.7 Å². The van der Waals surface area contributed by atoms with E-state index in [1.807, 2.05) is 48.9 Å². The molecule has 0 saturated heterocycles. The number of sulfonamides is 1. The van der Waals surface area contributed by atoms with E-state index in [-0.39, 0.29) is 22.9 Å². The van der Waals surface area contributed by atoms with Crippen LogP contribution in [0.5, 0.6) is 5.88 Å². The number of carbonyl (C=O) groups is 3. The average Bonchev–Trinajstić information content (AvgIpc) is 3.03. The van der Waals surface area contributed by atoms with Crippen LogP contribution in [0.15, 0.2) is 36.5 Å². The molecule has 0 atom stereocenters. The number of aryl methyl sites for hydroxylation is 1. The second-order valence-corrected chi connectivity index (χ2v) is 10.5. The molecule has 0 aliphatic rings. The molecule has 0 spiro atoms. The Morgan fingerprint density at radius 3 is 2.40 bits per heavy atom. The van der Waals surface area contributed by atoms with Crippen LogP contribution in [0, 0.1) is 12.8 Å². The minimum atomic E-state index is -3.78. The lowest BCUT2D eigenvalue weighted by molar-refractivity contribution is -0.121. The summed E-state index contributed by atoms with van der Waals surface area (Å²) in [6.07, 6.45) is 3.50. The van der Waals surface area contributed by atoms with Crippen LogP contribution in [-0.4, -0.2) is 48.3 Å². The van der Waals surface area contributed by atoms with Gasteiger partial charge in [0.05, 0.1) is 17.5 Å². The first kappa shape index (κ1) is 25.9. The Kier molecular flexibility index (Phi) is 7.59. The van der Waals surface area contributed by atoms with Gasteiger partial charge in [0.25, 0.3) is 17.6 Å². The van der Waals surface area contributed by atoms with Crippen LogP contribution < -0.4 is 15.2 Å². The summed E-state index contributed by atoms with van der Waals surface area (Å²) >= 11 is 0. The van der Waals surface area contributed by atoms with Gasteiger partial charge >= 0.3 is 0 Å². The number of primary amides is 1. The number of carbonyl (C=O) groups excluding carboxylic acids is 3. The minimum Gasteiger partial charge on any atom is -0.466 e. The number of ketones is 1. The quantitative estimate of drug-likeness (QED) is 0.317. The molecule has 1 aromatic carbocycles. The Balaban J connectivity index is 2.26. The van der Waals surface area contributed by atoms with E-state index in [1.54, 1.807) is 17.5 Å². The second kappa shape index (κ2) is 10.3. The molecule has 0 aliphatic heterocycles. The number of amides is 2. The van der Waals surface area contributed by atoms with Crippen LogP contribution in [0.3, 0.4) is 0 Å². The summed E-state index contributed by atoms with van der Waals surface area (Å²) in [7, 11) is -3.78. The van der Waals surface area contributed by atoms with Crippen molar-refractivity contribution < 1.29 is 27.5 Å². The van der Waals surface area contributed by atoms with Crippen molar-refractivity contribution in [3.63, 3.8) is 0 Å². The molecular formula is C24H28N4O6S. The van der Waals surface area contributed by atoms with Crippen molar-refractivity contribution in [2.45, 2.75) is 33.6 Å². The predicted octanol–water partition coefficient (Wildman–Crippen LogP) is 1.55. The number of aromatic nitrogens is 2. The molecule has 0 radical (unpaired) electrons. The van der Waals surface area contributed by atoms with Gasteiger partial charge in [-0.3, -0.25) is 19.1 Å². The van der Waals surface area contributed by atoms with Gasteiger partial charge in [0.1, 0.15) is 5.52 Å². The van der Waals surface area contributed by atoms with Crippen molar-refractivity contribution in [2.24, 2.45) is 11.7 Å². The van der Waals surface area contributed by atoms with Crippen molar-refractivity contribution in [3.8, 4) is 5.88 Å². The molecule has 11 heteroatoms. The van der Waals surface area contributed by atoms with E-state index in [9.17, 15) is 22.8 Å². The second-order valence-electron chi connectivity index (χ2n) is 8.75. The summed E-state index contributed by atoms with van der Waals surface area (Å²) in [4.78, 5) is 41.5. The van der Waals surface area contributed by atoms with Gasteiger partial charge in [-0.15, -0.1) is 0 Å². The van der Waals surface area contributed by atoms with E-state index in [4.69, 9.17) is 10.5 Å². The summed E-state index contributed by atoms with van der Waals surface area (Å²) in [6.45, 7) is 5.03. The highest BCUT2D eigenvalue weighted by Crippen LogP contribution is 2.33. The van der Waals surface area contributed by atoms with Gasteiger partial charge in [-0.05, 0) is 30.4 Å². The van der Waals surface area contributed by atoms with Crippen LogP contribution >= 0.6 is 0 Å².